The van der Waals surface area contributed by atoms with Gasteiger partial charge in [0.1, 0.15) is 18.8 Å². The second-order valence-corrected chi connectivity index (χ2v) is 7.98. The molecule has 1 aliphatic heterocycles. The third-order valence-electron chi connectivity index (χ3n) is 4.36. The molecule has 162 valence electrons. The number of aliphatic carboxylic acids is 1. The van der Waals surface area contributed by atoms with Crippen molar-refractivity contribution in [3.63, 3.8) is 0 Å². The van der Waals surface area contributed by atoms with Crippen molar-refractivity contribution in [1.29, 1.82) is 0 Å². The number of halogens is 1. The summed E-state index contributed by atoms with van der Waals surface area (Å²) in [5.74, 6) is -0.873. The minimum absolute atomic E-state index is 0.00192. The highest BCUT2D eigenvalue weighted by molar-refractivity contribution is 14.1. The van der Waals surface area contributed by atoms with Gasteiger partial charge in [0.25, 0.3) is 5.91 Å². The van der Waals surface area contributed by atoms with Crippen molar-refractivity contribution >= 4 is 46.6 Å². The summed E-state index contributed by atoms with van der Waals surface area (Å²) in [4.78, 5) is 35.8. The number of carbonyl (C=O) groups excluding carboxylic acids is 2. The monoisotopic (exact) mass is 536 g/mol. The number of benzene rings is 2. The van der Waals surface area contributed by atoms with Gasteiger partial charge in [0, 0.05) is 0 Å². The number of amides is 3. The molecule has 1 fully saturated rings. The molecule has 0 saturated carbocycles. The number of hydrogen-bond acceptors (Lipinski definition) is 5. The number of carbonyl (C=O) groups is 3. The lowest BCUT2D eigenvalue weighted by atomic mass is 10.1. The van der Waals surface area contributed by atoms with Crippen molar-refractivity contribution in [2.24, 2.45) is 0 Å². The minimum atomic E-state index is -1.27. The molecule has 0 bridgehead atoms. The summed E-state index contributed by atoms with van der Waals surface area (Å²) < 4.78 is 12.5. The predicted molar refractivity (Wildman–Crippen MR) is 122 cm³/mol. The highest BCUT2D eigenvalue weighted by atomic mass is 127. The first-order chi connectivity index (χ1) is 14.8. The Morgan fingerprint density at radius 1 is 1.23 bits per heavy atom. The van der Waals surface area contributed by atoms with Crippen LogP contribution in [0.15, 0.2) is 42.1 Å². The number of imide groups is 1. The SMILES string of the molecule is CCOc1cc(/C=C2/NC(=O)N(CC(=O)O)C2=O)cc(I)c1OCc1cccc(C)c1. The number of ether oxygens (including phenoxy) is 2. The average Bonchev–Trinajstić information content (AvgIpc) is 2.94. The number of nitrogens with zero attached hydrogens (tertiary/aromatic N) is 1. The third-order valence-corrected chi connectivity index (χ3v) is 5.17. The van der Waals surface area contributed by atoms with E-state index in [0.29, 0.717) is 35.2 Å². The Bertz CT molecular complexity index is 1070. The number of aryl methyl sites for hydroxylation is 1. The molecule has 0 unspecified atom stereocenters. The first-order valence-electron chi connectivity index (χ1n) is 9.49. The summed E-state index contributed by atoms with van der Waals surface area (Å²) in [7, 11) is 0. The van der Waals surface area contributed by atoms with Crippen LogP contribution in [0.2, 0.25) is 0 Å². The molecule has 1 heterocycles. The fourth-order valence-electron chi connectivity index (χ4n) is 3.05. The Hall–Kier alpha value is -3.08. The minimum Gasteiger partial charge on any atom is -0.490 e. The van der Waals surface area contributed by atoms with E-state index in [1.807, 2.05) is 38.1 Å². The van der Waals surface area contributed by atoms with E-state index in [9.17, 15) is 14.4 Å². The van der Waals surface area contributed by atoms with Gasteiger partial charge in [0.2, 0.25) is 0 Å². The largest absolute Gasteiger partial charge is 0.490 e. The van der Waals surface area contributed by atoms with Crippen LogP contribution < -0.4 is 14.8 Å². The van der Waals surface area contributed by atoms with Gasteiger partial charge in [-0.15, -0.1) is 0 Å². The van der Waals surface area contributed by atoms with Crippen LogP contribution >= 0.6 is 22.6 Å². The summed E-state index contributed by atoms with van der Waals surface area (Å²) in [6.07, 6.45) is 1.48. The molecule has 0 aliphatic carbocycles. The van der Waals surface area contributed by atoms with Crippen molar-refractivity contribution in [1.82, 2.24) is 10.2 Å². The van der Waals surface area contributed by atoms with Gasteiger partial charge in [-0.3, -0.25) is 9.59 Å². The van der Waals surface area contributed by atoms with E-state index >= 15 is 0 Å². The van der Waals surface area contributed by atoms with Gasteiger partial charge >= 0.3 is 12.0 Å². The quantitative estimate of drug-likeness (QED) is 0.304. The zero-order valence-electron chi connectivity index (χ0n) is 17.0. The molecule has 2 N–H and O–H groups in total. The number of hydrogen-bond donors (Lipinski definition) is 2. The first-order valence-corrected chi connectivity index (χ1v) is 10.6. The van der Waals surface area contributed by atoms with Gasteiger partial charge in [-0.2, -0.15) is 0 Å². The first kappa shape index (κ1) is 22.6. The smallest absolute Gasteiger partial charge is 0.329 e. The summed E-state index contributed by atoms with van der Waals surface area (Å²) in [6, 6.07) is 10.8. The van der Waals surface area contributed by atoms with E-state index in [-0.39, 0.29) is 5.70 Å². The van der Waals surface area contributed by atoms with Gasteiger partial charge in [0.05, 0.1) is 10.2 Å². The predicted octanol–water partition coefficient (Wildman–Crippen LogP) is 3.55. The van der Waals surface area contributed by atoms with Crippen LogP contribution in [-0.4, -0.2) is 41.1 Å². The fourth-order valence-corrected chi connectivity index (χ4v) is 3.83. The molecule has 31 heavy (non-hydrogen) atoms. The highest BCUT2D eigenvalue weighted by Gasteiger charge is 2.34. The van der Waals surface area contributed by atoms with E-state index in [1.54, 1.807) is 12.1 Å². The van der Waals surface area contributed by atoms with Crippen molar-refractivity contribution in [3.05, 3.63) is 62.4 Å². The van der Waals surface area contributed by atoms with Crippen molar-refractivity contribution < 1.29 is 29.0 Å². The Balaban J connectivity index is 1.86. The van der Waals surface area contributed by atoms with Crippen molar-refractivity contribution in [2.45, 2.75) is 20.5 Å². The Labute approximate surface area is 193 Å². The molecule has 2 aromatic carbocycles. The summed E-state index contributed by atoms with van der Waals surface area (Å²) in [6.45, 7) is 3.96. The summed E-state index contributed by atoms with van der Waals surface area (Å²) in [5.41, 5.74) is 2.78. The van der Waals surface area contributed by atoms with E-state index in [4.69, 9.17) is 14.6 Å². The Morgan fingerprint density at radius 2 is 2.00 bits per heavy atom. The van der Waals surface area contributed by atoms with Crippen LogP contribution in [0.3, 0.4) is 0 Å². The normalized spacial score (nSPS) is 14.7. The van der Waals surface area contributed by atoms with E-state index < -0.39 is 24.5 Å². The van der Waals surface area contributed by atoms with Gasteiger partial charge < -0.3 is 19.9 Å². The van der Waals surface area contributed by atoms with Gasteiger partial charge in [-0.1, -0.05) is 29.8 Å². The fraction of sp³-hybridized carbons (Fsp3) is 0.227. The second-order valence-electron chi connectivity index (χ2n) is 6.81. The zero-order valence-corrected chi connectivity index (χ0v) is 19.1. The van der Waals surface area contributed by atoms with Crippen LogP contribution in [0, 0.1) is 10.5 Å². The van der Waals surface area contributed by atoms with Crippen LogP contribution in [0.25, 0.3) is 6.08 Å². The van der Waals surface area contributed by atoms with Gasteiger partial charge in [-0.05, 0) is 65.8 Å². The lowest BCUT2D eigenvalue weighted by Gasteiger charge is -2.15. The van der Waals surface area contributed by atoms with Crippen LogP contribution in [-0.2, 0) is 16.2 Å². The standard InChI is InChI=1S/C22H21IN2O6/c1-3-30-18-10-15(9-17-21(28)25(11-19(26)27)22(29)24-17)8-16(23)20(18)31-12-14-6-4-5-13(2)7-14/h4-10H,3,11-12H2,1-2H3,(H,24,29)(H,26,27)/b17-9+. The number of rotatable bonds is 8. The number of carboxylic acid groups (broad SMARTS) is 1. The average molecular weight is 536 g/mol. The molecule has 0 radical (unpaired) electrons. The van der Waals surface area contributed by atoms with Gasteiger partial charge in [0.15, 0.2) is 11.5 Å². The molecular weight excluding hydrogens is 515 g/mol. The molecule has 2 aromatic rings. The third kappa shape index (κ3) is 5.54. The summed E-state index contributed by atoms with van der Waals surface area (Å²) in [5, 5.41) is 11.3. The maximum atomic E-state index is 12.4. The van der Waals surface area contributed by atoms with Crippen LogP contribution in [0.4, 0.5) is 4.79 Å². The topological polar surface area (TPSA) is 105 Å². The van der Waals surface area contributed by atoms with E-state index in [2.05, 4.69) is 27.9 Å². The maximum Gasteiger partial charge on any atom is 0.329 e. The van der Waals surface area contributed by atoms with Crippen LogP contribution in [0.5, 0.6) is 11.5 Å². The maximum absolute atomic E-state index is 12.4. The molecule has 9 heteroatoms. The number of urea groups is 1. The van der Waals surface area contributed by atoms with Crippen molar-refractivity contribution in [2.75, 3.05) is 13.2 Å². The lowest BCUT2D eigenvalue weighted by molar-refractivity contribution is -0.140. The van der Waals surface area contributed by atoms with E-state index in [1.165, 1.54) is 6.08 Å². The summed E-state index contributed by atoms with van der Waals surface area (Å²) >= 11 is 2.12. The second kappa shape index (κ2) is 9.82. The Kier molecular flexibility index (Phi) is 7.16. The molecule has 3 rings (SSSR count). The molecule has 1 aliphatic rings. The van der Waals surface area contributed by atoms with Crippen LogP contribution in [0.1, 0.15) is 23.6 Å². The number of carboxylic acids is 1. The molecule has 0 spiro atoms. The highest BCUT2D eigenvalue weighted by Crippen LogP contribution is 2.35. The van der Waals surface area contributed by atoms with Crippen molar-refractivity contribution in [3.8, 4) is 11.5 Å². The molecule has 3 amide bonds. The molecule has 0 aromatic heterocycles. The number of nitrogens with one attached hydrogen (secondary N) is 1. The molecule has 8 nitrogen and oxygen atoms in total. The van der Waals surface area contributed by atoms with E-state index in [0.717, 1.165) is 14.7 Å². The molecule has 1 saturated heterocycles. The Morgan fingerprint density at radius 3 is 2.68 bits per heavy atom. The lowest BCUT2D eigenvalue weighted by Crippen LogP contribution is -2.35. The molecular formula is C22H21IN2O6. The van der Waals surface area contributed by atoms with Gasteiger partial charge in [-0.25, -0.2) is 9.69 Å². The zero-order chi connectivity index (χ0) is 22.5. The molecule has 0 atom stereocenters.